The van der Waals surface area contributed by atoms with Crippen molar-refractivity contribution in [3.63, 3.8) is 0 Å². The summed E-state index contributed by atoms with van der Waals surface area (Å²) in [4.78, 5) is 17.3. The molecule has 0 aliphatic rings. The number of hydrogen-bond donors (Lipinski definition) is 1. The van der Waals surface area contributed by atoms with Gasteiger partial charge in [0.15, 0.2) is 10.8 Å². The number of allylic oxidation sites excluding steroid dienone is 1. The van der Waals surface area contributed by atoms with Crippen molar-refractivity contribution in [3.8, 4) is 5.69 Å². The van der Waals surface area contributed by atoms with Crippen LogP contribution in [-0.2, 0) is 0 Å². The molecule has 0 radical (unpaired) electrons. The molecule has 1 N–H and O–H groups in total. The van der Waals surface area contributed by atoms with E-state index in [2.05, 4.69) is 37.7 Å². The van der Waals surface area contributed by atoms with E-state index >= 15 is 0 Å². The molecule has 0 amide bonds. The summed E-state index contributed by atoms with van der Waals surface area (Å²) in [5.74, 6) is 0.806. The van der Waals surface area contributed by atoms with Crippen molar-refractivity contribution in [2.24, 2.45) is 0 Å². The summed E-state index contributed by atoms with van der Waals surface area (Å²) in [7, 11) is 0. The molecule has 5 nitrogen and oxygen atoms in total. The minimum absolute atomic E-state index is 0.133. The summed E-state index contributed by atoms with van der Waals surface area (Å²) >= 11 is 5.02. The molecule has 112 valence electrons. The van der Waals surface area contributed by atoms with E-state index in [1.54, 1.807) is 4.57 Å². The van der Waals surface area contributed by atoms with E-state index in [0.717, 1.165) is 22.3 Å². The highest BCUT2D eigenvalue weighted by Crippen LogP contribution is 2.25. The van der Waals surface area contributed by atoms with Crippen molar-refractivity contribution >= 4 is 38.7 Å². The molecule has 0 saturated heterocycles. The highest BCUT2D eigenvalue weighted by atomic mass is 79.9. The first-order chi connectivity index (χ1) is 10.7. The fourth-order valence-corrected chi connectivity index (χ4v) is 3.45. The minimum Gasteiger partial charge on any atom is -0.268 e. The average molecular weight is 377 g/mol. The van der Waals surface area contributed by atoms with Crippen LogP contribution in [0.4, 0.5) is 0 Å². The Morgan fingerprint density at radius 2 is 2.23 bits per heavy atom. The van der Waals surface area contributed by atoms with E-state index < -0.39 is 0 Å². The molecule has 2 aromatic heterocycles. The summed E-state index contributed by atoms with van der Waals surface area (Å²) in [5.41, 5.74) is 1.14. The van der Waals surface area contributed by atoms with Crippen LogP contribution in [-0.4, -0.2) is 25.5 Å². The predicted octanol–water partition coefficient (Wildman–Crippen LogP) is 3.54. The zero-order chi connectivity index (χ0) is 15.5. The van der Waals surface area contributed by atoms with Crippen molar-refractivity contribution in [2.45, 2.75) is 11.6 Å². The lowest BCUT2D eigenvalue weighted by Gasteiger charge is -2.12. The van der Waals surface area contributed by atoms with Crippen molar-refractivity contribution in [3.05, 3.63) is 57.9 Å². The molecular formula is C15H13BrN4OS. The number of nitrogens with one attached hydrogen (secondary N) is 1. The Labute approximate surface area is 139 Å². The molecule has 0 spiro atoms. The Morgan fingerprint density at radius 3 is 3.00 bits per heavy atom. The lowest BCUT2D eigenvalue weighted by molar-refractivity contribution is 0.812. The van der Waals surface area contributed by atoms with Crippen molar-refractivity contribution < 1.29 is 0 Å². The molecule has 0 aliphatic carbocycles. The van der Waals surface area contributed by atoms with Gasteiger partial charge in [0.2, 0.25) is 0 Å². The van der Waals surface area contributed by atoms with Crippen LogP contribution in [0, 0.1) is 0 Å². The van der Waals surface area contributed by atoms with Crippen LogP contribution in [0.1, 0.15) is 6.42 Å². The highest BCUT2D eigenvalue weighted by molar-refractivity contribution is 9.10. The van der Waals surface area contributed by atoms with Gasteiger partial charge < -0.3 is 0 Å². The standard InChI is InChI=1S/C15H13BrN4OS/c1-2-3-8-22-15-18-13-10(9-17-19-13)14(21)20(15)12-7-5-4-6-11(12)16/h2,4-7,9H,1,3,8H2,(H,17,19). The van der Waals surface area contributed by atoms with Crippen LogP contribution in [0.5, 0.6) is 0 Å². The highest BCUT2D eigenvalue weighted by Gasteiger charge is 2.15. The van der Waals surface area contributed by atoms with Crippen LogP contribution < -0.4 is 5.56 Å². The summed E-state index contributed by atoms with van der Waals surface area (Å²) < 4.78 is 2.46. The van der Waals surface area contributed by atoms with Gasteiger partial charge in [-0.25, -0.2) is 4.98 Å². The largest absolute Gasteiger partial charge is 0.269 e. The third kappa shape index (κ3) is 2.74. The second kappa shape index (κ2) is 6.50. The van der Waals surface area contributed by atoms with E-state index in [-0.39, 0.29) is 5.56 Å². The first-order valence-corrected chi connectivity index (χ1v) is 8.45. The number of benzene rings is 1. The van der Waals surface area contributed by atoms with Crippen LogP contribution in [0.2, 0.25) is 0 Å². The molecule has 3 rings (SSSR count). The topological polar surface area (TPSA) is 63.6 Å². The normalized spacial score (nSPS) is 11.0. The number of para-hydroxylation sites is 1. The van der Waals surface area contributed by atoms with Crippen molar-refractivity contribution in [1.82, 2.24) is 19.7 Å². The van der Waals surface area contributed by atoms with E-state index in [9.17, 15) is 4.79 Å². The molecule has 0 fully saturated rings. The van der Waals surface area contributed by atoms with Crippen molar-refractivity contribution in [2.75, 3.05) is 5.75 Å². The van der Waals surface area contributed by atoms with Gasteiger partial charge in [-0.3, -0.25) is 14.5 Å². The second-order valence-electron chi connectivity index (χ2n) is 4.54. The third-order valence-electron chi connectivity index (χ3n) is 3.10. The summed E-state index contributed by atoms with van der Waals surface area (Å²) in [5, 5.41) is 7.79. The Bertz CT molecular complexity index is 887. The lowest BCUT2D eigenvalue weighted by Crippen LogP contribution is -2.21. The molecule has 0 saturated carbocycles. The number of aromatic nitrogens is 4. The van der Waals surface area contributed by atoms with Gasteiger partial charge in [0.1, 0.15) is 5.39 Å². The summed E-state index contributed by atoms with van der Waals surface area (Å²) in [6.07, 6.45) is 4.20. The van der Waals surface area contributed by atoms with Gasteiger partial charge in [0, 0.05) is 10.2 Å². The molecule has 1 aromatic carbocycles. The van der Waals surface area contributed by atoms with Crippen LogP contribution in [0.15, 0.2) is 57.5 Å². The average Bonchev–Trinajstić information content (AvgIpc) is 2.98. The minimum atomic E-state index is -0.133. The molecule has 0 bridgehead atoms. The third-order valence-corrected chi connectivity index (χ3v) is 4.74. The number of halogens is 1. The fourth-order valence-electron chi connectivity index (χ4n) is 2.05. The van der Waals surface area contributed by atoms with E-state index in [0.29, 0.717) is 16.2 Å². The maximum atomic E-state index is 12.8. The monoisotopic (exact) mass is 376 g/mol. The van der Waals surface area contributed by atoms with Gasteiger partial charge in [0.05, 0.1) is 11.9 Å². The van der Waals surface area contributed by atoms with Gasteiger partial charge in [0.25, 0.3) is 5.56 Å². The summed E-state index contributed by atoms with van der Waals surface area (Å²) in [6.45, 7) is 3.72. The Balaban J connectivity index is 2.23. The van der Waals surface area contributed by atoms with Gasteiger partial charge in [-0.05, 0) is 34.5 Å². The predicted molar refractivity (Wildman–Crippen MR) is 92.7 cm³/mol. The van der Waals surface area contributed by atoms with Gasteiger partial charge in [-0.2, -0.15) is 5.10 Å². The number of H-pyrrole nitrogens is 1. The maximum absolute atomic E-state index is 12.8. The van der Waals surface area contributed by atoms with Gasteiger partial charge in [-0.1, -0.05) is 30.0 Å². The van der Waals surface area contributed by atoms with E-state index in [4.69, 9.17) is 0 Å². The zero-order valence-electron chi connectivity index (χ0n) is 11.6. The number of aromatic amines is 1. The molecule has 0 aliphatic heterocycles. The van der Waals surface area contributed by atoms with E-state index in [1.807, 2.05) is 30.3 Å². The fraction of sp³-hybridized carbons (Fsp3) is 0.133. The number of thioether (sulfide) groups is 1. The van der Waals surface area contributed by atoms with Gasteiger partial charge in [-0.15, -0.1) is 6.58 Å². The van der Waals surface area contributed by atoms with Crippen LogP contribution >= 0.6 is 27.7 Å². The van der Waals surface area contributed by atoms with Gasteiger partial charge >= 0.3 is 0 Å². The lowest BCUT2D eigenvalue weighted by atomic mass is 10.3. The smallest absolute Gasteiger partial charge is 0.268 e. The first kappa shape index (κ1) is 15.1. The number of nitrogens with zero attached hydrogens (tertiary/aromatic N) is 3. The zero-order valence-corrected chi connectivity index (χ0v) is 14.0. The van der Waals surface area contributed by atoms with Crippen molar-refractivity contribution in [1.29, 1.82) is 0 Å². The molecular weight excluding hydrogens is 364 g/mol. The summed E-state index contributed by atoms with van der Waals surface area (Å²) in [6, 6.07) is 7.59. The molecule has 7 heteroatoms. The molecule has 3 aromatic rings. The quantitative estimate of drug-likeness (QED) is 0.320. The number of rotatable bonds is 5. The Morgan fingerprint density at radius 1 is 1.41 bits per heavy atom. The number of hydrogen-bond acceptors (Lipinski definition) is 4. The molecule has 0 unspecified atom stereocenters. The molecule has 0 atom stereocenters. The molecule has 2 heterocycles. The second-order valence-corrected chi connectivity index (χ2v) is 6.46. The van der Waals surface area contributed by atoms with E-state index in [1.165, 1.54) is 18.0 Å². The first-order valence-electron chi connectivity index (χ1n) is 6.67. The SMILES string of the molecule is C=CCCSc1nc2[nH]ncc2c(=O)n1-c1ccccc1Br. The maximum Gasteiger partial charge on any atom is 0.269 e. The van der Waals surface area contributed by atoms with Crippen LogP contribution in [0.3, 0.4) is 0 Å². The molecule has 22 heavy (non-hydrogen) atoms. The Kier molecular flexibility index (Phi) is 4.44. The number of fused-ring (bicyclic) bond motifs is 1. The Hall–Kier alpha value is -1.86. The van der Waals surface area contributed by atoms with Crippen LogP contribution in [0.25, 0.3) is 16.7 Å².